The van der Waals surface area contributed by atoms with Gasteiger partial charge >= 0.3 is 0 Å². The molecule has 6 nitrogen and oxygen atoms in total. The Morgan fingerprint density at radius 2 is 1.69 bits per heavy atom. The monoisotopic (exact) mass is 361 g/mol. The number of nitrogens with zero attached hydrogens (tertiary/aromatic N) is 3. The Bertz CT molecular complexity index is 684. The van der Waals surface area contributed by atoms with Crippen LogP contribution in [0.1, 0.15) is 30.1 Å². The summed E-state index contributed by atoms with van der Waals surface area (Å²) in [6, 6.07) is 5.49. The Balaban J connectivity index is 1.53. The van der Waals surface area contributed by atoms with E-state index in [1.54, 1.807) is 14.7 Å². The summed E-state index contributed by atoms with van der Waals surface area (Å²) >= 11 is 0. The molecule has 2 aliphatic rings. The number of carbonyl (C=O) groups is 3. The van der Waals surface area contributed by atoms with E-state index in [4.69, 9.17) is 0 Å². The lowest BCUT2D eigenvalue weighted by Gasteiger charge is -2.36. The average molecular weight is 361 g/mol. The fourth-order valence-electron chi connectivity index (χ4n) is 3.59. The van der Waals surface area contributed by atoms with Gasteiger partial charge in [0.05, 0.1) is 5.92 Å². The predicted octanol–water partition coefficient (Wildman–Crippen LogP) is 1.37. The summed E-state index contributed by atoms with van der Waals surface area (Å²) < 4.78 is 13.0. The normalized spacial score (nSPS) is 20.6. The number of piperazine rings is 1. The van der Waals surface area contributed by atoms with Crippen LogP contribution < -0.4 is 0 Å². The van der Waals surface area contributed by atoms with Crippen LogP contribution in [0.4, 0.5) is 4.39 Å². The summed E-state index contributed by atoms with van der Waals surface area (Å²) in [5.41, 5.74) is 0.447. The maximum absolute atomic E-state index is 13.0. The van der Waals surface area contributed by atoms with Crippen molar-refractivity contribution in [2.24, 2.45) is 5.92 Å². The van der Waals surface area contributed by atoms with Gasteiger partial charge in [0.25, 0.3) is 5.91 Å². The molecule has 0 spiro atoms. The molecule has 1 aromatic carbocycles. The lowest BCUT2D eigenvalue weighted by Crippen LogP contribution is -2.52. The molecule has 0 aromatic heterocycles. The summed E-state index contributed by atoms with van der Waals surface area (Å²) in [7, 11) is 0. The standard InChI is InChI=1S/C19H24FN3O3/c1-2-7-23-13-15(12-17(23)24)19(26)22-10-8-21(9-11-22)18(25)14-3-5-16(20)6-4-14/h3-6,15H,2,7-13H2,1H3. The van der Waals surface area contributed by atoms with Gasteiger partial charge < -0.3 is 14.7 Å². The van der Waals surface area contributed by atoms with Gasteiger partial charge in [-0.25, -0.2) is 4.39 Å². The molecular formula is C19H24FN3O3. The van der Waals surface area contributed by atoms with Crippen molar-refractivity contribution in [3.63, 3.8) is 0 Å². The van der Waals surface area contributed by atoms with Gasteiger partial charge in [-0.2, -0.15) is 0 Å². The summed E-state index contributed by atoms with van der Waals surface area (Å²) in [4.78, 5) is 42.3. The molecule has 2 heterocycles. The minimum atomic E-state index is -0.375. The van der Waals surface area contributed by atoms with E-state index in [-0.39, 0.29) is 35.9 Å². The first-order valence-corrected chi connectivity index (χ1v) is 9.11. The number of hydrogen-bond acceptors (Lipinski definition) is 3. The molecule has 1 unspecified atom stereocenters. The molecular weight excluding hydrogens is 337 g/mol. The molecule has 2 fully saturated rings. The predicted molar refractivity (Wildman–Crippen MR) is 93.9 cm³/mol. The number of hydrogen-bond donors (Lipinski definition) is 0. The van der Waals surface area contributed by atoms with Crippen LogP contribution in [0.5, 0.6) is 0 Å². The molecule has 2 saturated heterocycles. The van der Waals surface area contributed by atoms with Crippen LogP contribution in [0.2, 0.25) is 0 Å². The number of halogens is 1. The van der Waals surface area contributed by atoms with E-state index in [0.29, 0.717) is 44.8 Å². The molecule has 7 heteroatoms. The second-order valence-corrected chi connectivity index (χ2v) is 6.87. The largest absolute Gasteiger partial charge is 0.342 e. The average Bonchev–Trinajstić information content (AvgIpc) is 3.02. The van der Waals surface area contributed by atoms with E-state index in [2.05, 4.69) is 0 Å². The van der Waals surface area contributed by atoms with Crippen molar-refractivity contribution in [3.8, 4) is 0 Å². The molecule has 2 aliphatic heterocycles. The first kappa shape index (κ1) is 18.4. The number of likely N-dealkylation sites (tertiary alicyclic amines) is 1. The Morgan fingerprint density at radius 1 is 1.08 bits per heavy atom. The smallest absolute Gasteiger partial charge is 0.253 e. The summed E-state index contributed by atoms with van der Waals surface area (Å²) in [5, 5.41) is 0. The summed E-state index contributed by atoms with van der Waals surface area (Å²) in [6.45, 7) is 5.03. The van der Waals surface area contributed by atoms with E-state index in [0.717, 1.165) is 6.42 Å². The minimum Gasteiger partial charge on any atom is -0.342 e. The molecule has 1 aromatic rings. The van der Waals surface area contributed by atoms with Crippen molar-refractivity contribution in [2.45, 2.75) is 19.8 Å². The van der Waals surface area contributed by atoms with Crippen LogP contribution in [0.15, 0.2) is 24.3 Å². The number of rotatable bonds is 4. The zero-order valence-electron chi connectivity index (χ0n) is 15.0. The minimum absolute atomic E-state index is 0.00540. The number of benzene rings is 1. The third-order valence-corrected chi connectivity index (χ3v) is 5.03. The van der Waals surface area contributed by atoms with E-state index >= 15 is 0 Å². The molecule has 140 valence electrons. The Kier molecular flexibility index (Phi) is 5.54. The highest BCUT2D eigenvalue weighted by molar-refractivity contribution is 5.94. The molecule has 0 saturated carbocycles. The summed E-state index contributed by atoms with van der Waals surface area (Å²) in [5.74, 6) is -0.739. The van der Waals surface area contributed by atoms with Gasteiger partial charge in [0.1, 0.15) is 5.82 Å². The Labute approximate surface area is 152 Å². The highest BCUT2D eigenvalue weighted by Gasteiger charge is 2.37. The van der Waals surface area contributed by atoms with Crippen LogP contribution in [-0.4, -0.2) is 71.7 Å². The highest BCUT2D eigenvalue weighted by Crippen LogP contribution is 2.21. The van der Waals surface area contributed by atoms with Crippen LogP contribution in [-0.2, 0) is 9.59 Å². The topological polar surface area (TPSA) is 60.9 Å². The lowest BCUT2D eigenvalue weighted by molar-refractivity contribution is -0.137. The second kappa shape index (κ2) is 7.85. The fraction of sp³-hybridized carbons (Fsp3) is 0.526. The van der Waals surface area contributed by atoms with Crippen molar-refractivity contribution in [1.29, 1.82) is 0 Å². The third kappa shape index (κ3) is 3.86. The molecule has 0 bridgehead atoms. The summed E-state index contributed by atoms with van der Waals surface area (Å²) in [6.07, 6.45) is 1.17. The van der Waals surface area contributed by atoms with Crippen LogP contribution in [0.25, 0.3) is 0 Å². The van der Waals surface area contributed by atoms with Gasteiger partial charge in [0.15, 0.2) is 0 Å². The number of amides is 3. The van der Waals surface area contributed by atoms with Gasteiger partial charge in [0.2, 0.25) is 11.8 Å². The van der Waals surface area contributed by atoms with Crippen LogP contribution in [0, 0.1) is 11.7 Å². The van der Waals surface area contributed by atoms with Crippen molar-refractivity contribution in [2.75, 3.05) is 39.3 Å². The van der Waals surface area contributed by atoms with Gasteiger partial charge in [-0.3, -0.25) is 14.4 Å². The van der Waals surface area contributed by atoms with E-state index in [1.807, 2.05) is 6.92 Å². The molecule has 0 N–H and O–H groups in total. The maximum atomic E-state index is 13.0. The molecule has 0 aliphatic carbocycles. The molecule has 3 rings (SSSR count). The third-order valence-electron chi connectivity index (χ3n) is 5.03. The SMILES string of the molecule is CCCN1CC(C(=O)N2CCN(C(=O)c3ccc(F)cc3)CC2)CC1=O. The maximum Gasteiger partial charge on any atom is 0.253 e. The lowest BCUT2D eigenvalue weighted by atomic mass is 10.1. The fourth-order valence-corrected chi connectivity index (χ4v) is 3.59. The zero-order chi connectivity index (χ0) is 18.7. The first-order chi connectivity index (χ1) is 12.5. The van der Waals surface area contributed by atoms with Gasteiger partial charge in [-0.05, 0) is 30.7 Å². The molecule has 26 heavy (non-hydrogen) atoms. The van der Waals surface area contributed by atoms with Crippen LogP contribution in [0.3, 0.4) is 0 Å². The first-order valence-electron chi connectivity index (χ1n) is 9.11. The van der Waals surface area contributed by atoms with E-state index in [1.165, 1.54) is 24.3 Å². The van der Waals surface area contributed by atoms with Crippen molar-refractivity contribution in [1.82, 2.24) is 14.7 Å². The zero-order valence-corrected chi connectivity index (χ0v) is 15.0. The van der Waals surface area contributed by atoms with Gasteiger partial charge in [-0.1, -0.05) is 6.92 Å². The van der Waals surface area contributed by atoms with E-state index < -0.39 is 0 Å². The molecule has 0 radical (unpaired) electrons. The van der Waals surface area contributed by atoms with Crippen molar-refractivity contribution in [3.05, 3.63) is 35.6 Å². The van der Waals surface area contributed by atoms with E-state index in [9.17, 15) is 18.8 Å². The highest BCUT2D eigenvalue weighted by atomic mass is 19.1. The number of carbonyl (C=O) groups excluding carboxylic acids is 3. The Hall–Kier alpha value is -2.44. The van der Waals surface area contributed by atoms with Gasteiger partial charge in [-0.15, -0.1) is 0 Å². The Morgan fingerprint density at radius 3 is 2.31 bits per heavy atom. The van der Waals surface area contributed by atoms with Crippen molar-refractivity contribution >= 4 is 17.7 Å². The van der Waals surface area contributed by atoms with Crippen LogP contribution >= 0.6 is 0 Å². The second-order valence-electron chi connectivity index (χ2n) is 6.87. The van der Waals surface area contributed by atoms with Gasteiger partial charge in [0, 0.05) is 51.3 Å². The van der Waals surface area contributed by atoms with Crippen molar-refractivity contribution < 1.29 is 18.8 Å². The quantitative estimate of drug-likeness (QED) is 0.814. The molecule has 1 atom stereocenters. The molecule has 3 amide bonds.